The predicted molar refractivity (Wildman–Crippen MR) is 125 cm³/mol. The zero-order chi connectivity index (χ0) is 23.6. The summed E-state index contributed by atoms with van der Waals surface area (Å²) < 4.78 is 32.1. The monoisotopic (exact) mass is 484 g/mol. The Kier molecular flexibility index (Phi) is 6.34. The number of anilines is 2. The number of fused-ring (bicyclic) bond motifs is 3. The number of benzene rings is 2. The number of methoxy groups -OCH3 is 1. The maximum absolute atomic E-state index is 13.0. The van der Waals surface area contributed by atoms with Crippen molar-refractivity contribution in [3.05, 3.63) is 60.3 Å². The summed E-state index contributed by atoms with van der Waals surface area (Å²) in [7, 11) is -2.51. The number of rotatable bonds is 6. The molecule has 1 amide bonds. The van der Waals surface area contributed by atoms with E-state index >= 15 is 0 Å². The summed E-state index contributed by atoms with van der Waals surface area (Å²) in [5, 5.41) is 2.95. The van der Waals surface area contributed by atoms with Crippen molar-refractivity contribution in [1.29, 1.82) is 0 Å². The van der Waals surface area contributed by atoms with Gasteiger partial charge in [-0.3, -0.25) is 9.10 Å². The lowest BCUT2D eigenvalue weighted by Crippen LogP contribution is -2.34. The van der Waals surface area contributed by atoms with Gasteiger partial charge < -0.3 is 10.1 Å². The van der Waals surface area contributed by atoms with Crippen LogP contribution >= 0.6 is 11.8 Å². The van der Waals surface area contributed by atoms with Gasteiger partial charge in [-0.05, 0) is 25.1 Å². The van der Waals surface area contributed by atoms with Crippen LogP contribution in [0.4, 0.5) is 11.4 Å². The number of amides is 1. The molecule has 11 heteroatoms. The normalized spacial score (nSPS) is 13.6. The second-order valence-electron chi connectivity index (χ2n) is 6.93. The first-order chi connectivity index (χ1) is 15.9. The van der Waals surface area contributed by atoms with Gasteiger partial charge in [0, 0.05) is 12.1 Å². The fourth-order valence-electron chi connectivity index (χ4n) is 3.48. The lowest BCUT2D eigenvalue weighted by atomic mass is 10.1. The van der Waals surface area contributed by atoms with E-state index in [0.29, 0.717) is 22.6 Å². The van der Waals surface area contributed by atoms with Crippen LogP contribution < -0.4 is 9.62 Å². The first kappa shape index (κ1) is 22.7. The van der Waals surface area contributed by atoms with Gasteiger partial charge in [-0.2, -0.15) is 0 Å². The van der Waals surface area contributed by atoms with Crippen LogP contribution in [-0.4, -0.2) is 49.7 Å². The molecule has 170 valence electrons. The van der Waals surface area contributed by atoms with Crippen molar-refractivity contribution < 1.29 is 22.7 Å². The summed E-state index contributed by atoms with van der Waals surface area (Å²) in [6, 6.07) is 13.7. The molecule has 4 rings (SSSR count). The number of sulfonamides is 1. The molecule has 0 radical (unpaired) electrons. The highest BCUT2D eigenvalue weighted by atomic mass is 32.2. The van der Waals surface area contributed by atoms with Gasteiger partial charge >= 0.3 is 5.97 Å². The molecule has 0 bridgehead atoms. The molecule has 2 aromatic carbocycles. The number of esters is 1. The van der Waals surface area contributed by atoms with Crippen molar-refractivity contribution in [2.45, 2.75) is 17.0 Å². The summed E-state index contributed by atoms with van der Waals surface area (Å²) in [4.78, 5) is 33.0. The number of aromatic nitrogens is 2. The molecule has 3 aromatic rings. The summed E-state index contributed by atoms with van der Waals surface area (Å²) in [6.07, 6.45) is 1.28. The number of nitrogens with zero attached hydrogens (tertiary/aromatic N) is 3. The van der Waals surface area contributed by atoms with E-state index in [0.717, 1.165) is 11.8 Å². The van der Waals surface area contributed by atoms with Crippen molar-refractivity contribution >= 4 is 45.0 Å². The number of nitrogens with one attached hydrogen (secondary N) is 1. The summed E-state index contributed by atoms with van der Waals surface area (Å²) in [5.41, 5.74) is 2.13. The topological polar surface area (TPSA) is 119 Å². The molecule has 0 saturated heterocycles. The highest BCUT2D eigenvalue weighted by molar-refractivity contribution is 7.99. The van der Waals surface area contributed by atoms with Crippen LogP contribution in [0.25, 0.3) is 11.3 Å². The minimum atomic E-state index is -3.77. The minimum Gasteiger partial charge on any atom is -0.465 e. The Morgan fingerprint density at radius 2 is 1.85 bits per heavy atom. The smallest absolute Gasteiger partial charge is 0.339 e. The maximum Gasteiger partial charge on any atom is 0.339 e. The molecule has 2 heterocycles. The number of para-hydroxylation sites is 2. The van der Waals surface area contributed by atoms with Crippen molar-refractivity contribution in [1.82, 2.24) is 9.97 Å². The molecular formula is C22H20N4O5S2. The Balaban J connectivity index is 1.56. The summed E-state index contributed by atoms with van der Waals surface area (Å²) in [6.45, 7) is 2.05. The van der Waals surface area contributed by atoms with Crippen LogP contribution in [0.15, 0.2) is 64.8 Å². The van der Waals surface area contributed by atoms with E-state index in [2.05, 4.69) is 15.3 Å². The zero-order valence-corrected chi connectivity index (χ0v) is 19.4. The van der Waals surface area contributed by atoms with Crippen LogP contribution in [0.2, 0.25) is 0 Å². The Labute approximate surface area is 195 Å². The number of hydrogen-bond donors (Lipinski definition) is 1. The fraction of sp³-hybridized carbons (Fsp3) is 0.182. The predicted octanol–water partition coefficient (Wildman–Crippen LogP) is 3.19. The van der Waals surface area contributed by atoms with Gasteiger partial charge in [0.25, 0.3) is 10.0 Å². The second kappa shape index (κ2) is 9.20. The summed E-state index contributed by atoms with van der Waals surface area (Å²) >= 11 is 1.06. The number of thioether (sulfide) groups is 1. The number of carbonyl (C=O) groups excluding carboxylic acids is 2. The Morgan fingerprint density at radius 1 is 1.12 bits per heavy atom. The highest BCUT2D eigenvalue weighted by Gasteiger charge is 2.35. The molecule has 1 aromatic heterocycles. The first-order valence-electron chi connectivity index (χ1n) is 9.96. The molecule has 0 saturated carbocycles. The second-order valence-corrected chi connectivity index (χ2v) is 9.70. The van der Waals surface area contributed by atoms with E-state index in [9.17, 15) is 18.0 Å². The Morgan fingerprint density at radius 3 is 2.61 bits per heavy atom. The van der Waals surface area contributed by atoms with Crippen LogP contribution in [0.3, 0.4) is 0 Å². The van der Waals surface area contributed by atoms with Gasteiger partial charge in [0.05, 0.1) is 41.7 Å². The van der Waals surface area contributed by atoms with Crippen LogP contribution in [-0.2, 0) is 19.6 Å². The van der Waals surface area contributed by atoms with E-state index in [-0.39, 0.29) is 33.8 Å². The highest BCUT2D eigenvalue weighted by Crippen LogP contribution is 2.41. The molecule has 0 spiro atoms. The fourth-order valence-corrected chi connectivity index (χ4v) is 5.68. The molecule has 1 N–H and O–H groups in total. The summed E-state index contributed by atoms with van der Waals surface area (Å²) in [5.74, 6) is -0.968. The third-order valence-electron chi connectivity index (χ3n) is 4.96. The first-order valence-corrected chi connectivity index (χ1v) is 12.4. The standard InChI is InChI=1S/C22H20N4O5S2/c1-3-26-17-11-7-5-9-15(17)20-18(33(26,29)30)12-23-22(25-20)32-13-19(27)24-16-10-6-4-8-14(16)21(28)31-2/h4-12H,3,13H2,1-2H3,(H,24,27). The lowest BCUT2D eigenvalue weighted by molar-refractivity contribution is -0.113. The van der Waals surface area contributed by atoms with E-state index < -0.39 is 16.0 Å². The van der Waals surface area contributed by atoms with Crippen molar-refractivity contribution in [2.75, 3.05) is 29.0 Å². The Bertz CT molecular complexity index is 1340. The lowest BCUT2D eigenvalue weighted by Gasteiger charge is -2.30. The van der Waals surface area contributed by atoms with E-state index in [1.807, 2.05) is 12.1 Å². The zero-order valence-electron chi connectivity index (χ0n) is 17.8. The van der Waals surface area contributed by atoms with Crippen LogP contribution in [0.1, 0.15) is 17.3 Å². The van der Waals surface area contributed by atoms with E-state index in [1.54, 1.807) is 43.3 Å². The third kappa shape index (κ3) is 4.29. The van der Waals surface area contributed by atoms with Crippen molar-refractivity contribution in [2.24, 2.45) is 0 Å². The molecule has 0 unspecified atom stereocenters. The average molecular weight is 485 g/mol. The van der Waals surface area contributed by atoms with Crippen molar-refractivity contribution in [3.63, 3.8) is 0 Å². The van der Waals surface area contributed by atoms with Gasteiger partial charge in [0.2, 0.25) is 5.91 Å². The maximum atomic E-state index is 13.0. The SMILES string of the molecule is CCN1c2ccccc2-c2nc(SCC(=O)Nc3ccccc3C(=O)OC)ncc2S1(=O)=O. The molecule has 9 nitrogen and oxygen atoms in total. The van der Waals surface area contributed by atoms with Gasteiger partial charge in [0.15, 0.2) is 5.16 Å². The van der Waals surface area contributed by atoms with Crippen LogP contribution in [0, 0.1) is 0 Å². The molecule has 0 atom stereocenters. The van der Waals surface area contributed by atoms with E-state index in [4.69, 9.17) is 4.74 Å². The van der Waals surface area contributed by atoms with Crippen molar-refractivity contribution in [3.8, 4) is 11.3 Å². The van der Waals surface area contributed by atoms with Crippen LogP contribution in [0.5, 0.6) is 0 Å². The number of carbonyl (C=O) groups is 2. The average Bonchev–Trinajstić information content (AvgIpc) is 2.82. The molecule has 0 fully saturated rings. The largest absolute Gasteiger partial charge is 0.465 e. The molecular weight excluding hydrogens is 464 g/mol. The van der Waals surface area contributed by atoms with Gasteiger partial charge in [-0.15, -0.1) is 0 Å². The van der Waals surface area contributed by atoms with Gasteiger partial charge in [0.1, 0.15) is 4.90 Å². The molecule has 0 aliphatic carbocycles. The Hall–Kier alpha value is -3.44. The molecule has 33 heavy (non-hydrogen) atoms. The van der Waals surface area contributed by atoms with Gasteiger partial charge in [-0.25, -0.2) is 23.2 Å². The minimum absolute atomic E-state index is 0.0313. The number of ether oxygens (including phenoxy) is 1. The third-order valence-corrected chi connectivity index (χ3v) is 7.71. The molecule has 1 aliphatic heterocycles. The molecule has 1 aliphatic rings. The quantitative estimate of drug-likeness (QED) is 0.322. The number of hydrogen-bond acceptors (Lipinski definition) is 8. The van der Waals surface area contributed by atoms with E-state index in [1.165, 1.54) is 17.6 Å². The van der Waals surface area contributed by atoms with Gasteiger partial charge in [-0.1, -0.05) is 42.1 Å².